The second-order valence-corrected chi connectivity index (χ2v) is 17.3. The van der Waals surface area contributed by atoms with Crippen LogP contribution in [0.3, 0.4) is 0 Å². The molecule has 58 heavy (non-hydrogen) atoms. The number of amides is 3. The Hall–Kier alpha value is -5.16. The number of fused-ring (bicyclic) bond motifs is 3. The van der Waals surface area contributed by atoms with Gasteiger partial charge in [-0.15, -0.1) is 21.5 Å². The lowest BCUT2D eigenvalue weighted by Crippen LogP contribution is -2.58. The van der Waals surface area contributed by atoms with Crippen molar-refractivity contribution in [2.45, 2.75) is 71.3 Å². The van der Waals surface area contributed by atoms with Crippen LogP contribution in [0.5, 0.6) is 5.75 Å². The highest BCUT2D eigenvalue weighted by Crippen LogP contribution is 2.36. The molecule has 1 unspecified atom stereocenters. The van der Waals surface area contributed by atoms with E-state index in [0.717, 1.165) is 52.8 Å². The first kappa shape index (κ1) is 41.0. The summed E-state index contributed by atoms with van der Waals surface area (Å²) in [5.41, 5.74) is 6.25. The zero-order chi connectivity index (χ0) is 41.1. The minimum Gasteiger partial charge on any atom is -0.507 e. The minimum atomic E-state index is -0.949. The number of phenols is 1. The van der Waals surface area contributed by atoms with Crippen molar-refractivity contribution in [1.82, 2.24) is 35.6 Å². The van der Waals surface area contributed by atoms with Gasteiger partial charge in [0.2, 0.25) is 17.7 Å². The number of likely N-dealkylation sites (tertiary alicyclic amines) is 1. The number of β-amino-alcohol motifs (C(OH)–C–C–N with tert-alkyl or cyclic N) is 1. The molecule has 7 rings (SSSR count). The first-order valence-electron chi connectivity index (χ1n) is 19.8. The van der Waals surface area contributed by atoms with E-state index in [2.05, 4.69) is 40.9 Å². The first-order chi connectivity index (χ1) is 27.8. The molecule has 5 heterocycles. The van der Waals surface area contributed by atoms with Crippen LogP contribution >= 0.6 is 11.3 Å². The summed E-state index contributed by atoms with van der Waals surface area (Å²) in [7, 11) is 0. The van der Waals surface area contributed by atoms with Crippen LogP contribution in [0.25, 0.3) is 21.7 Å². The van der Waals surface area contributed by atoms with Crippen LogP contribution in [0, 0.1) is 12.3 Å². The Bertz CT molecular complexity index is 2110. The quantitative estimate of drug-likeness (QED) is 0.131. The van der Waals surface area contributed by atoms with E-state index in [9.17, 15) is 24.6 Å². The number of aliphatic hydroxyl groups is 1. The maximum Gasteiger partial charge on any atom is 0.246 e. The van der Waals surface area contributed by atoms with Crippen molar-refractivity contribution in [3.8, 4) is 27.4 Å². The van der Waals surface area contributed by atoms with Crippen LogP contribution in [0.15, 0.2) is 60.1 Å². The van der Waals surface area contributed by atoms with Gasteiger partial charge >= 0.3 is 0 Å². The Morgan fingerprint density at radius 2 is 1.83 bits per heavy atom. The average molecular weight is 812 g/mol. The topological polar surface area (TPSA) is 185 Å². The van der Waals surface area contributed by atoms with Crippen molar-refractivity contribution in [2.24, 2.45) is 5.41 Å². The molecule has 2 saturated heterocycles. The molecule has 2 aromatic carbocycles. The van der Waals surface area contributed by atoms with E-state index in [1.54, 1.807) is 23.5 Å². The van der Waals surface area contributed by atoms with Gasteiger partial charge in [-0.2, -0.15) is 0 Å². The maximum atomic E-state index is 14.1. The van der Waals surface area contributed by atoms with Crippen LogP contribution in [0.4, 0.5) is 11.5 Å². The van der Waals surface area contributed by atoms with Crippen LogP contribution in [0.1, 0.15) is 51.4 Å². The molecule has 3 aliphatic rings. The number of rotatable bonds is 12. The highest BCUT2D eigenvalue weighted by Gasteiger charge is 2.45. The number of aromatic nitrogens is 3. The van der Waals surface area contributed by atoms with Crippen molar-refractivity contribution in [3.05, 3.63) is 71.4 Å². The first-order valence-corrected chi connectivity index (χ1v) is 20.7. The Labute approximate surface area is 342 Å². The normalized spacial score (nSPS) is 20.4. The summed E-state index contributed by atoms with van der Waals surface area (Å²) >= 11 is 1.58. The largest absolute Gasteiger partial charge is 0.507 e. The molecule has 308 valence electrons. The van der Waals surface area contributed by atoms with Gasteiger partial charge < -0.3 is 40.7 Å². The van der Waals surface area contributed by atoms with E-state index in [-0.39, 0.29) is 43.3 Å². The molecule has 4 aromatic rings. The summed E-state index contributed by atoms with van der Waals surface area (Å²) < 4.78 is 5.83. The molecule has 5 N–H and O–H groups in total. The number of carbonyl (C=O) groups excluding carboxylic acids is 3. The smallest absolute Gasteiger partial charge is 0.246 e. The predicted octanol–water partition coefficient (Wildman–Crippen LogP) is 3.58. The number of aryl methyl sites for hydroxylation is 1. The highest BCUT2D eigenvalue weighted by atomic mass is 32.1. The third-order valence-corrected chi connectivity index (χ3v) is 12.2. The number of hydrogen-bond donors (Lipinski definition) is 5. The molecule has 0 spiro atoms. The van der Waals surface area contributed by atoms with Gasteiger partial charge in [0.25, 0.3) is 0 Å². The van der Waals surface area contributed by atoms with Gasteiger partial charge in [0, 0.05) is 51.3 Å². The summed E-state index contributed by atoms with van der Waals surface area (Å²) in [5, 5.41) is 39.0. The van der Waals surface area contributed by atoms with Crippen molar-refractivity contribution in [1.29, 1.82) is 0 Å². The number of ether oxygens (including phenoxy) is 1. The summed E-state index contributed by atoms with van der Waals surface area (Å²) in [6.45, 7) is 13.2. The fraction of sp³-hybridized carbons (Fsp3) is 0.476. The number of piperazine rings is 1. The van der Waals surface area contributed by atoms with Crippen LogP contribution in [0.2, 0.25) is 0 Å². The molecule has 2 aromatic heterocycles. The zero-order valence-corrected chi connectivity index (χ0v) is 34.5. The van der Waals surface area contributed by atoms with Gasteiger partial charge in [0.15, 0.2) is 5.82 Å². The molecular formula is C42H53N9O6S. The third kappa shape index (κ3) is 9.09. The van der Waals surface area contributed by atoms with E-state index >= 15 is 0 Å². The van der Waals surface area contributed by atoms with Crippen LogP contribution in [-0.4, -0.2) is 130 Å². The SMILES string of the molecule is Cc1ncsc1-c1ccc([C@H](C)NC(=O)[C@@H]2C[C@@H](O)CN2C(=O)[C@@H](NC(=O)COCCN2CCN3c4cc(-c5ccccc5O)nnc4NCC3C2)C(C)(C)C)cc1. The molecule has 0 saturated carbocycles. The lowest BCUT2D eigenvalue weighted by Gasteiger charge is -2.45. The number of aliphatic hydroxyl groups excluding tert-OH is 1. The molecule has 2 fully saturated rings. The molecule has 0 bridgehead atoms. The van der Waals surface area contributed by atoms with Gasteiger partial charge in [0.1, 0.15) is 24.4 Å². The molecule has 15 nitrogen and oxygen atoms in total. The summed E-state index contributed by atoms with van der Waals surface area (Å²) in [5.74, 6) is -0.336. The maximum absolute atomic E-state index is 14.1. The average Bonchev–Trinajstić information content (AvgIpc) is 3.82. The number of anilines is 2. The number of para-hydroxylation sites is 1. The molecule has 3 aliphatic heterocycles. The number of aromatic hydroxyl groups is 1. The highest BCUT2D eigenvalue weighted by molar-refractivity contribution is 7.13. The van der Waals surface area contributed by atoms with Gasteiger partial charge in [-0.05, 0) is 48.6 Å². The van der Waals surface area contributed by atoms with Crippen molar-refractivity contribution in [2.75, 3.05) is 62.7 Å². The Morgan fingerprint density at radius 1 is 1.05 bits per heavy atom. The Balaban J connectivity index is 0.892. The number of hydrogen-bond acceptors (Lipinski definition) is 13. The Kier molecular flexibility index (Phi) is 12.3. The summed E-state index contributed by atoms with van der Waals surface area (Å²) in [6, 6.07) is 15.0. The summed E-state index contributed by atoms with van der Waals surface area (Å²) in [6.07, 6.45) is -0.764. The monoisotopic (exact) mass is 811 g/mol. The lowest BCUT2D eigenvalue weighted by atomic mass is 9.85. The molecule has 0 aliphatic carbocycles. The number of nitrogens with one attached hydrogen (secondary N) is 3. The van der Waals surface area contributed by atoms with E-state index in [0.29, 0.717) is 31.0 Å². The second-order valence-electron chi connectivity index (χ2n) is 16.4. The van der Waals surface area contributed by atoms with Crippen molar-refractivity contribution in [3.63, 3.8) is 0 Å². The van der Waals surface area contributed by atoms with E-state index in [1.165, 1.54) is 4.90 Å². The lowest BCUT2D eigenvalue weighted by molar-refractivity contribution is -0.144. The second kappa shape index (κ2) is 17.4. The fourth-order valence-corrected chi connectivity index (χ4v) is 8.77. The molecular weight excluding hydrogens is 759 g/mol. The standard InChI is InChI=1S/C42H53N9O6S/c1-25(27-10-12-28(13-11-27)37-26(2)44-24-58-37)45-40(55)34-18-30(52)22-51(34)41(56)38(42(3,4)5)46-36(54)23-57-17-16-49-14-15-50-29(21-49)20-43-39-33(50)19-32(47-48-39)31-8-6-7-9-35(31)53/h6-13,19,24-25,29-30,34,38,52-53H,14-18,20-23H2,1-5H3,(H,43,48)(H,45,55)(H,46,54)/t25-,29?,30+,34-,38+/m0/s1. The minimum absolute atomic E-state index is 0.00626. The van der Waals surface area contributed by atoms with Crippen molar-refractivity contribution >= 4 is 40.6 Å². The van der Waals surface area contributed by atoms with Gasteiger partial charge in [-0.1, -0.05) is 57.2 Å². The molecule has 0 radical (unpaired) electrons. The Morgan fingerprint density at radius 3 is 2.55 bits per heavy atom. The van der Waals surface area contributed by atoms with E-state index in [1.807, 2.05) is 82.6 Å². The van der Waals surface area contributed by atoms with E-state index < -0.39 is 35.4 Å². The molecule has 3 amide bonds. The molecule has 5 atom stereocenters. The molecule has 16 heteroatoms. The number of benzene rings is 2. The van der Waals surface area contributed by atoms with Crippen LogP contribution in [-0.2, 0) is 19.1 Å². The number of nitrogens with zero attached hydrogens (tertiary/aromatic N) is 6. The van der Waals surface area contributed by atoms with E-state index in [4.69, 9.17) is 4.74 Å². The van der Waals surface area contributed by atoms with Gasteiger partial charge in [-0.3, -0.25) is 19.3 Å². The number of thiazole rings is 1. The van der Waals surface area contributed by atoms with Gasteiger partial charge in [0.05, 0.1) is 52.3 Å². The van der Waals surface area contributed by atoms with Gasteiger partial charge in [-0.25, -0.2) is 4.98 Å². The predicted molar refractivity (Wildman–Crippen MR) is 222 cm³/mol. The summed E-state index contributed by atoms with van der Waals surface area (Å²) in [4.78, 5) is 52.4. The fourth-order valence-electron chi connectivity index (χ4n) is 7.95. The third-order valence-electron chi connectivity index (χ3n) is 11.2. The number of carbonyl (C=O) groups is 3. The zero-order valence-electron chi connectivity index (χ0n) is 33.6. The van der Waals surface area contributed by atoms with Crippen molar-refractivity contribution < 1.29 is 29.3 Å². The van der Waals surface area contributed by atoms with Crippen LogP contribution < -0.4 is 20.9 Å². The number of phenolic OH excluding ortho intramolecular Hbond substituents is 1.